The first-order chi connectivity index (χ1) is 8.12. The van der Waals surface area contributed by atoms with Crippen LogP contribution < -0.4 is 5.32 Å². The lowest BCUT2D eigenvalue weighted by Gasteiger charge is -2.32. The lowest BCUT2D eigenvalue weighted by molar-refractivity contribution is -0.322. The van der Waals surface area contributed by atoms with Crippen molar-refractivity contribution in [2.75, 3.05) is 6.80 Å². The smallest absolute Gasteiger partial charge is 0.234 e. The molecule has 0 aliphatic rings. The molecular formula is C10H16F7N. The second-order valence-corrected chi connectivity index (χ2v) is 3.97. The molecule has 1 N–H and O–H groups in total. The van der Waals surface area contributed by atoms with E-state index in [1.807, 2.05) is 0 Å². The molecular weight excluding hydrogens is 267 g/mol. The summed E-state index contributed by atoms with van der Waals surface area (Å²) in [6.45, 7) is -0.236. The number of unbranched alkanes of at least 4 members (excludes halogenated alkanes) is 3. The molecule has 0 spiro atoms. The van der Waals surface area contributed by atoms with Crippen molar-refractivity contribution in [2.45, 2.75) is 56.9 Å². The average Bonchev–Trinajstić information content (AvgIpc) is 2.24. The molecule has 0 heterocycles. The Kier molecular flexibility index (Phi) is 6.39. The Balaban J connectivity index is 4.63. The van der Waals surface area contributed by atoms with Gasteiger partial charge in [0, 0.05) is 6.42 Å². The van der Waals surface area contributed by atoms with Gasteiger partial charge in [-0.15, -0.1) is 0 Å². The molecule has 8 heteroatoms. The highest BCUT2D eigenvalue weighted by molar-refractivity contribution is 4.94. The largest absolute Gasteiger partial charge is 0.386 e. The van der Waals surface area contributed by atoms with Crippen LogP contribution in [-0.2, 0) is 0 Å². The van der Waals surface area contributed by atoms with Crippen LogP contribution in [0.5, 0.6) is 0 Å². The van der Waals surface area contributed by atoms with Crippen molar-refractivity contribution >= 4 is 0 Å². The maximum absolute atomic E-state index is 13.1. The Labute approximate surface area is 101 Å². The molecule has 1 nitrogen and oxygen atoms in total. The standard InChI is InChI=1S/C10H16F7N/c1-2-3-4-5-6-8(12,13)9(14,15)10(16,17)18-7-11/h18H,2-7H2,1H3. The van der Waals surface area contributed by atoms with Crippen molar-refractivity contribution in [3.63, 3.8) is 0 Å². The molecule has 0 aromatic heterocycles. The molecule has 0 atom stereocenters. The molecule has 0 fully saturated rings. The van der Waals surface area contributed by atoms with E-state index >= 15 is 0 Å². The third-order valence-corrected chi connectivity index (χ3v) is 2.49. The molecule has 0 radical (unpaired) electrons. The maximum atomic E-state index is 13.1. The maximum Gasteiger partial charge on any atom is 0.386 e. The van der Waals surface area contributed by atoms with Crippen LogP contribution in [0.1, 0.15) is 39.0 Å². The molecule has 0 aromatic rings. The summed E-state index contributed by atoms with van der Waals surface area (Å²) in [6, 6.07) is -5.28. The van der Waals surface area contributed by atoms with Crippen LogP contribution >= 0.6 is 0 Å². The predicted molar refractivity (Wildman–Crippen MR) is 52.7 cm³/mol. The van der Waals surface area contributed by atoms with Gasteiger partial charge in [-0.1, -0.05) is 26.2 Å². The van der Waals surface area contributed by atoms with Crippen LogP contribution in [0.25, 0.3) is 0 Å². The monoisotopic (exact) mass is 283 g/mol. The Bertz CT molecular complexity index is 242. The first kappa shape index (κ1) is 17.5. The highest BCUT2D eigenvalue weighted by atomic mass is 19.3. The summed E-state index contributed by atoms with van der Waals surface area (Å²) in [4.78, 5) is 0. The zero-order valence-corrected chi connectivity index (χ0v) is 9.89. The van der Waals surface area contributed by atoms with Gasteiger partial charge in [-0.2, -0.15) is 26.3 Å². The molecule has 0 unspecified atom stereocenters. The zero-order chi connectivity index (χ0) is 14.4. The Morgan fingerprint density at radius 2 is 1.44 bits per heavy atom. The van der Waals surface area contributed by atoms with Gasteiger partial charge in [0.15, 0.2) is 0 Å². The fourth-order valence-corrected chi connectivity index (χ4v) is 1.36. The van der Waals surface area contributed by atoms with E-state index in [-0.39, 0.29) is 12.8 Å². The number of alkyl halides is 7. The molecule has 0 amide bonds. The van der Waals surface area contributed by atoms with Gasteiger partial charge in [0.05, 0.1) is 0 Å². The number of halogens is 7. The van der Waals surface area contributed by atoms with Gasteiger partial charge in [-0.05, 0) is 6.42 Å². The SMILES string of the molecule is CCCCCCC(F)(F)C(F)(F)C(F)(F)NCF. The van der Waals surface area contributed by atoms with Crippen LogP contribution in [0.4, 0.5) is 30.7 Å². The molecule has 0 aliphatic heterocycles. The van der Waals surface area contributed by atoms with Gasteiger partial charge in [0.2, 0.25) is 0 Å². The van der Waals surface area contributed by atoms with Crippen molar-refractivity contribution < 1.29 is 30.7 Å². The number of hydrogen-bond acceptors (Lipinski definition) is 1. The summed E-state index contributed by atoms with van der Waals surface area (Å²) < 4.78 is 89.0. The normalized spacial score (nSPS) is 14.0. The first-order valence-electron chi connectivity index (χ1n) is 5.57. The van der Waals surface area contributed by atoms with E-state index in [1.165, 1.54) is 0 Å². The van der Waals surface area contributed by atoms with Crippen molar-refractivity contribution in [1.29, 1.82) is 0 Å². The second-order valence-electron chi connectivity index (χ2n) is 3.97. The van der Waals surface area contributed by atoms with E-state index in [0.29, 0.717) is 18.2 Å². The van der Waals surface area contributed by atoms with Gasteiger partial charge < -0.3 is 0 Å². The van der Waals surface area contributed by atoms with Crippen molar-refractivity contribution in [2.24, 2.45) is 0 Å². The summed E-state index contributed by atoms with van der Waals surface area (Å²) in [7, 11) is 0. The number of rotatable bonds is 9. The molecule has 18 heavy (non-hydrogen) atoms. The Morgan fingerprint density at radius 3 is 1.89 bits per heavy atom. The van der Waals surface area contributed by atoms with Crippen LogP contribution in [0.3, 0.4) is 0 Å². The van der Waals surface area contributed by atoms with E-state index in [0.717, 1.165) is 0 Å². The van der Waals surface area contributed by atoms with Crippen molar-refractivity contribution in [1.82, 2.24) is 5.32 Å². The molecule has 0 aliphatic carbocycles. The van der Waals surface area contributed by atoms with E-state index in [2.05, 4.69) is 0 Å². The van der Waals surface area contributed by atoms with E-state index in [4.69, 9.17) is 0 Å². The number of nitrogens with one attached hydrogen (secondary N) is 1. The predicted octanol–water partition coefficient (Wildman–Crippen LogP) is 4.34. The van der Waals surface area contributed by atoms with E-state index < -0.39 is 31.1 Å². The van der Waals surface area contributed by atoms with E-state index in [1.54, 1.807) is 6.92 Å². The van der Waals surface area contributed by atoms with Crippen molar-refractivity contribution in [3.8, 4) is 0 Å². The zero-order valence-electron chi connectivity index (χ0n) is 9.89. The summed E-state index contributed by atoms with van der Waals surface area (Å²) in [5, 5.41) is 0.440. The summed E-state index contributed by atoms with van der Waals surface area (Å²) in [6.07, 6.45) is -0.141. The molecule has 0 saturated carbocycles. The van der Waals surface area contributed by atoms with Gasteiger partial charge in [-0.3, -0.25) is 0 Å². The average molecular weight is 283 g/mol. The summed E-state index contributed by atoms with van der Waals surface area (Å²) in [5.41, 5.74) is 0. The summed E-state index contributed by atoms with van der Waals surface area (Å²) >= 11 is 0. The third kappa shape index (κ3) is 4.00. The first-order valence-corrected chi connectivity index (χ1v) is 5.57. The topological polar surface area (TPSA) is 12.0 Å². The van der Waals surface area contributed by atoms with Gasteiger partial charge >= 0.3 is 17.9 Å². The Hall–Kier alpha value is -0.530. The molecule has 0 rings (SSSR count). The minimum atomic E-state index is -5.63. The second kappa shape index (κ2) is 6.58. The van der Waals surface area contributed by atoms with Crippen LogP contribution in [-0.4, -0.2) is 24.7 Å². The molecule has 0 bridgehead atoms. The van der Waals surface area contributed by atoms with E-state index in [9.17, 15) is 30.7 Å². The molecule has 0 saturated heterocycles. The fraction of sp³-hybridized carbons (Fsp3) is 1.00. The van der Waals surface area contributed by atoms with Crippen LogP contribution in [0.2, 0.25) is 0 Å². The fourth-order valence-electron chi connectivity index (χ4n) is 1.36. The molecule has 0 aromatic carbocycles. The Morgan fingerprint density at radius 1 is 0.889 bits per heavy atom. The highest BCUT2D eigenvalue weighted by Gasteiger charge is 2.70. The van der Waals surface area contributed by atoms with Crippen LogP contribution in [0.15, 0.2) is 0 Å². The lowest BCUT2D eigenvalue weighted by Crippen LogP contribution is -2.60. The summed E-state index contributed by atoms with van der Waals surface area (Å²) in [5.74, 6) is -10.5. The van der Waals surface area contributed by atoms with Gasteiger partial charge in [0.25, 0.3) is 0 Å². The molecule has 110 valence electrons. The lowest BCUT2D eigenvalue weighted by atomic mass is 10.0. The minimum absolute atomic E-state index is 0.254. The highest BCUT2D eigenvalue weighted by Crippen LogP contribution is 2.46. The van der Waals surface area contributed by atoms with Crippen molar-refractivity contribution in [3.05, 3.63) is 0 Å². The third-order valence-electron chi connectivity index (χ3n) is 2.49. The van der Waals surface area contributed by atoms with Gasteiger partial charge in [-0.25, -0.2) is 9.71 Å². The van der Waals surface area contributed by atoms with Gasteiger partial charge in [0.1, 0.15) is 6.80 Å². The van der Waals surface area contributed by atoms with Crippen LogP contribution in [0, 0.1) is 0 Å². The quantitative estimate of drug-likeness (QED) is 0.377. The minimum Gasteiger partial charge on any atom is -0.234 e. The number of hydrogen-bond donors (Lipinski definition) is 1.